The van der Waals surface area contributed by atoms with Crippen molar-refractivity contribution >= 4 is 23.3 Å². The molecule has 0 spiro atoms. The maximum atomic E-state index is 11.4. The van der Waals surface area contributed by atoms with Crippen LogP contribution in [0.3, 0.4) is 0 Å². The number of halogens is 1. The topological polar surface area (TPSA) is 41.1 Å². The molecule has 0 aliphatic rings. The lowest BCUT2D eigenvalue weighted by atomic mass is 10.3. The highest BCUT2D eigenvalue weighted by atomic mass is 35.5. The Morgan fingerprint density at radius 2 is 2.27 bits per heavy atom. The summed E-state index contributed by atoms with van der Waals surface area (Å²) in [6, 6.07) is 7.02. The van der Waals surface area contributed by atoms with Crippen LogP contribution in [0.25, 0.3) is 0 Å². The normalized spacial score (nSPS) is 11.9. The number of urea groups is 1. The van der Waals surface area contributed by atoms with Crippen molar-refractivity contribution in [1.29, 1.82) is 0 Å². The van der Waals surface area contributed by atoms with Crippen LogP contribution in [0.5, 0.6) is 0 Å². The number of benzene rings is 1. The Balaban J connectivity index is 2.51. The molecule has 0 heterocycles. The third kappa shape index (κ3) is 4.21. The maximum absolute atomic E-state index is 11.4. The van der Waals surface area contributed by atoms with Gasteiger partial charge in [0.05, 0.1) is 0 Å². The molecule has 0 saturated carbocycles. The van der Waals surface area contributed by atoms with E-state index in [9.17, 15) is 4.79 Å². The SMILES string of the molecule is CC[C@@H](C)NC(=O)Nc1cccc(Cl)c1. The lowest BCUT2D eigenvalue weighted by molar-refractivity contribution is 0.249. The minimum absolute atomic E-state index is 0.171. The minimum atomic E-state index is -0.202. The second kappa shape index (κ2) is 5.61. The summed E-state index contributed by atoms with van der Waals surface area (Å²) >= 11 is 5.79. The first-order valence-electron chi connectivity index (χ1n) is 4.95. The molecule has 4 heteroatoms. The van der Waals surface area contributed by atoms with Crippen molar-refractivity contribution in [3.8, 4) is 0 Å². The number of carbonyl (C=O) groups excluding carboxylic acids is 1. The van der Waals surface area contributed by atoms with Gasteiger partial charge in [-0.15, -0.1) is 0 Å². The zero-order chi connectivity index (χ0) is 11.3. The average Bonchev–Trinajstić information content (AvgIpc) is 2.17. The van der Waals surface area contributed by atoms with Crippen LogP contribution in [0, 0.1) is 0 Å². The van der Waals surface area contributed by atoms with Crippen LogP contribution in [-0.2, 0) is 0 Å². The van der Waals surface area contributed by atoms with Gasteiger partial charge in [0, 0.05) is 16.8 Å². The molecule has 0 unspecified atom stereocenters. The summed E-state index contributed by atoms with van der Waals surface area (Å²) in [5, 5.41) is 6.13. The molecule has 3 nitrogen and oxygen atoms in total. The lowest BCUT2D eigenvalue weighted by Crippen LogP contribution is -2.35. The first-order valence-corrected chi connectivity index (χ1v) is 5.32. The van der Waals surface area contributed by atoms with Gasteiger partial charge >= 0.3 is 6.03 Å². The monoisotopic (exact) mass is 226 g/mol. The number of rotatable bonds is 3. The van der Waals surface area contributed by atoms with Gasteiger partial charge in [-0.25, -0.2) is 4.79 Å². The van der Waals surface area contributed by atoms with Gasteiger partial charge in [-0.05, 0) is 31.5 Å². The van der Waals surface area contributed by atoms with Gasteiger partial charge < -0.3 is 10.6 Å². The Labute approximate surface area is 94.8 Å². The van der Waals surface area contributed by atoms with E-state index >= 15 is 0 Å². The number of hydrogen-bond acceptors (Lipinski definition) is 1. The predicted molar refractivity (Wildman–Crippen MR) is 63.4 cm³/mol. The molecule has 0 aromatic heterocycles. The van der Waals surface area contributed by atoms with E-state index in [1.807, 2.05) is 13.8 Å². The summed E-state index contributed by atoms with van der Waals surface area (Å²) in [6.07, 6.45) is 0.906. The molecule has 0 aliphatic carbocycles. The van der Waals surface area contributed by atoms with Crippen LogP contribution in [0.4, 0.5) is 10.5 Å². The van der Waals surface area contributed by atoms with Gasteiger partial charge in [0.15, 0.2) is 0 Å². The quantitative estimate of drug-likeness (QED) is 0.816. The summed E-state index contributed by atoms with van der Waals surface area (Å²) in [6.45, 7) is 3.97. The molecule has 0 saturated heterocycles. The molecule has 0 fully saturated rings. The van der Waals surface area contributed by atoms with Crippen LogP contribution in [-0.4, -0.2) is 12.1 Å². The fourth-order valence-corrected chi connectivity index (χ4v) is 1.25. The van der Waals surface area contributed by atoms with Crippen molar-refractivity contribution < 1.29 is 4.79 Å². The van der Waals surface area contributed by atoms with Crippen molar-refractivity contribution in [2.24, 2.45) is 0 Å². The highest BCUT2D eigenvalue weighted by molar-refractivity contribution is 6.30. The van der Waals surface area contributed by atoms with E-state index in [1.165, 1.54) is 0 Å². The van der Waals surface area contributed by atoms with Gasteiger partial charge in [-0.3, -0.25) is 0 Å². The summed E-state index contributed by atoms with van der Waals surface area (Å²) in [5.41, 5.74) is 0.698. The highest BCUT2D eigenvalue weighted by Gasteiger charge is 2.04. The van der Waals surface area contributed by atoms with Crippen molar-refractivity contribution in [2.75, 3.05) is 5.32 Å². The molecule has 1 atom stereocenters. The summed E-state index contributed by atoms with van der Waals surface area (Å²) in [5.74, 6) is 0. The molecular weight excluding hydrogens is 212 g/mol. The highest BCUT2D eigenvalue weighted by Crippen LogP contribution is 2.14. The molecule has 0 radical (unpaired) electrons. The molecule has 1 aromatic carbocycles. The van der Waals surface area contributed by atoms with E-state index in [-0.39, 0.29) is 12.1 Å². The van der Waals surface area contributed by atoms with E-state index < -0.39 is 0 Å². The predicted octanol–water partition coefficient (Wildman–Crippen LogP) is 3.26. The lowest BCUT2D eigenvalue weighted by Gasteiger charge is -2.12. The van der Waals surface area contributed by atoms with Crippen molar-refractivity contribution in [3.63, 3.8) is 0 Å². The molecule has 1 rings (SSSR count). The van der Waals surface area contributed by atoms with Gasteiger partial charge in [-0.2, -0.15) is 0 Å². The number of hydrogen-bond donors (Lipinski definition) is 2. The smallest absolute Gasteiger partial charge is 0.319 e. The first-order chi connectivity index (χ1) is 7.11. The van der Waals surface area contributed by atoms with Gasteiger partial charge in [0.2, 0.25) is 0 Å². The summed E-state index contributed by atoms with van der Waals surface area (Å²) in [7, 11) is 0. The van der Waals surface area contributed by atoms with E-state index in [0.29, 0.717) is 10.7 Å². The second-order valence-electron chi connectivity index (χ2n) is 3.42. The summed E-state index contributed by atoms with van der Waals surface area (Å²) in [4.78, 5) is 11.4. The van der Waals surface area contributed by atoms with E-state index in [1.54, 1.807) is 24.3 Å². The fourth-order valence-electron chi connectivity index (χ4n) is 1.06. The zero-order valence-electron chi connectivity index (χ0n) is 8.88. The third-order valence-electron chi connectivity index (χ3n) is 2.07. The Morgan fingerprint density at radius 3 is 2.87 bits per heavy atom. The standard InChI is InChI=1S/C11H15ClN2O/c1-3-8(2)13-11(15)14-10-6-4-5-9(12)7-10/h4-8H,3H2,1-2H3,(H2,13,14,15)/t8-/m1/s1. The molecule has 2 N–H and O–H groups in total. The Kier molecular flexibility index (Phi) is 4.43. The van der Waals surface area contributed by atoms with Gasteiger partial charge in [0.25, 0.3) is 0 Å². The number of nitrogens with one attached hydrogen (secondary N) is 2. The molecule has 0 bridgehead atoms. The molecule has 1 aromatic rings. The van der Waals surface area contributed by atoms with Crippen LogP contribution >= 0.6 is 11.6 Å². The van der Waals surface area contributed by atoms with E-state index in [4.69, 9.17) is 11.6 Å². The van der Waals surface area contributed by atoms with Crippen molar-refractivity contribution in [2.45, 2.75) is 26.3 Å². The van der Waals surface area contributed by atoms with Crippen molar-refractivity contribution in [1.82, 2.24) is 5.32 Å². The Morgan fingerprint density at radius 1 is 1.53 bits per heavy atom. The first kappa shape index (κ1) is 11.9. The molecule has 2 amide bonds. The minimum Gasteiger partial charge on any atom is -0.335 e. The molecule has 0 aliphatic heterocycles. The molecular formula is C11H15ClN2O. The van der Waals surface area contributed by atoms with Crippen molar-refractivity contribution in [3.05, 3.63) is 29.3 Å². The Hall–Kier alpha value is -1.22. The second-order valence-corrected chi connectivity index (χ2v) is 3.85. The van der Waals surface area contributed by atoms with Gasteiger partial charge in [-0.1, -0.05) is 24.6 Å². The Bertz CT molecular complexity index is 341. The molecule has 15 heavy (non-hydrogen) atoms. The van der Waals surface area contributed by atoms with Gasteiger partial charge in [0.1, 0.15) is 0 Å². The fraction of sp³-hybridized carbons (Fsp3) is 0.364. The van der Waals surface area contributed by atoms with Crippen LogP contribution < -0.4 is 10.6 Å². The number of carbonyl (C=O) groups is 1. The maximum Gasteiger partial charge on any atom is 0.319 e. The largest absolute Gasteiger partial charge is 0.335 e. The average molecular weight is 227 g/mol. The van der Waals surface area contributed by atoms with Crippen LogP contribution in [0.15, 0.2) is 24.3 Å². The van der Waals surface area contributed by atoms with Crippen LogP contribution in [0.2, 0.25) is 5.02 Å². The van der Waals surface area contributed by atoms with E-state index in [0.717, 1.165) is 6.42 Å². The zero-order valence-corrected chi connectivity index (χ0v) is 9.64. The molecule has 82 valence electrons. The van der Waals surface area contributed by atoms with E-state index in [2.05, 4.69) is 10.6 Å². The third-order valence-corrected chi connectivity index (χ3v) is 2.31. The van der Waals surface area contributed by atoms with Crippen LogP contribution in [0.1, 0.15) is 20.3 Å². The summed E-state index contributed by atoms with van der Waals surface area (Å²) < 4.78 is 0. The number of anilines is 1. The number of amides is 2.